The minimum absolute atomic E-state index is 0.271. The maximum Gasteiger partial charge on any atom is 0.182 e. The van der Waals surface area contributed by atoms with Gasteiger partial charge in [0.2, 0.25) is 0 Å². The van der Waals surface area contributed by atoms with E-state index in [4.69, 9.17) is 0 Å². The second kappa shape index (κ2) is 3.76. The van der Waals surface area contributed by atoms with Crippen molar-refractivity contribution in [3.63, 3.8) is 0 Å². The van der Waals surface area contributed by atoms with Gasteiger partial charge in [-0.25, -0.2) is 9.37 Å². The van der Waals surface area contributed by atoms with Crippen molar-refractivity contribution in [3.05, 3.63) is 30.1 Å². The third-order valence-corrected chi connectivity index (χ3v) is 2.01. The van der Waals surface area contributed by atoms with Gasteiger partial charge in [-0.1, -0.05) is 13.8 Å². The molecule has 2 aromatic rings. The molecule has 0 saturated heterocycles. The first-order valence-electron chi connectivity index (χ1n) is 4.70. The summed E-state index contributed by atoms with van der Waals surface area (Å²) in [6, 6.07) is 1.36. The summed E-state index contributed by atoms with van der Waals surface area (Å²) in [5, 5.41) is 6.82. The van der Waals surface area contributed by atoms with Crippen LogP contribution in [0.25, 0.3) is 11.4 Å². The Hall–Kier alpha value is -1.78. The lowest BCUT2D eigenvalue weighted by Gasteiger charge is -1.96. The van der Waals surface area contributed by atoms with Gasteiger partial charge in [-0.3, -0.25) is 10.1 Å². The molecule has 0 aliphatic heterocycles. The van der Waals surface area contributed by atoms with Crippen molar-refractivity contribution in [3.8, 4) is 11.4 Å². The normalized spacial score (nSPS) is 10.9. The maximum absolute atomic E-state index is 12.9. The topological polar surface area (TPSA) is 54.5 Å². The molecule has 0 amide bonds. The van der Waals surface area contributed by atoms with E-state index in [1.807, 2.05) is 13.8 Å². The molecule has 1 N–H and O–H groups in total. The quantitative estimate of drug-likeness (QED) is 0.818. The van der Waals surface area contributed by atoms with E-state index in [1.54, 1.807) is 0 Å². The van der Waals surface area contributed by atoms with Crippen molar-refractivity contribution in [1.29, 1.82) is 0 Å². The van der Waals surface area contributed by atoms with Crippen LogP contribution in [0.15, 0.2) is 18.5 Å². The standard InChI is InChI=1S/C10H11FN4/c1-6(2)9-13-10(15-14-9)7-3-8(11)5-12-4-7/h3-6H,1-2H3,(H,13,14,15). The van der Waals surface area contributed by atoms with E-state index in [9.17, 15) is 4.39 Å². The predicted molar refractivity (Wildman–Crippen MR) is 53.7 cm³/mol. The van der Waals surface area contributed by atoms with Crippen LogP contribution in [-0.2, 0) is 0 Å². The Bertz CT molecular complexity index is 464. The second-order valence-corrected chi connectivity index (χ2v) is 3.59. The van der Waals surface area contributed by atoms with Crippen LogP contribution in [0.5, 0.6) is 0 Å². The SMILES string of the molecule is CC(C)c1nc(-c2cncc(F)c2)n[nH]1. The number of nitrogens with zero attached hydrogens (tertiary/aromatic N) is 3. The molecule has 4 nitrogen and oxygen atoms in total. The molecule has 0 bridgehead atoms. The molecule has 0 fully saturated rings. The molecule has 0 aliphatic carbocycles. The van der Waals surface area contributed by atoms with Gasteiger partial charge in [0.1, 0.15) is 11.6 Å². The van der Waals surface area contributed by atoms with Crippen LogP contribution in [0.2, 0.25) is 0 Å². The molecular weight excluding hydrogens is 195 g/mol. The highest BCUT2D eigenvalue weighted by molar-refractivity contribution is 5.52. The van der Waals surface area contributed by atoms with E-state index in [0.717, 1.165) is 12.0 Å². The molecule has 15 heavy (non-hydrogen) atoms. The zero-order valence-corrected chi connectivity index (χ0v) is 8.53. The van der Waals surface area contributed by atoms with Gasteiger partial charge in [0.15, 0.2) is 5.82 Å². The number of rotatable bonds is 2. The number of hydrogen-bond acceptors (Lipinski definition) is 3. The van der Waals surface area contributed by atoms with Gasteiger partial charge < -0.3 is 0 Å². The van der Waals surface area contributed by atoms with Crippen molar-refractivity contribution in [2.24, 2.45) is 0 Å². The highest BCUT2D eigenvalue weighted by Gasteiger charge is 2.09. The van der Waals surface area contributed by atoms with Crippen molar-refractivity contribution in [1.82, 2.24) is 20.2 Å². The number of pyridine rings is 1. The summed E-state index contributed by atoms with van der Waals surface area (Å²) in [6.45, 7) is 4.02. The third kappa shape index (κ3) is 2.01. The monoisotopic (exact) mass is 206 g/mol. The van der Waals surface area contributed by atoms with Crippen LogP contribution < -0.4 is 0 Å². The van der Waals surface area contributed by atoms with Crippen LogP contribution >= 0.6 is 0 Å². The summed E-state index contributed by atoms with van der Waals surface area (Å²) in [4.78, 5) is 7.99. The number of nitrogens with one attached hydrogen (secondary N) is 1. The van der Waals surface area contributed by atoms with Gasteiger partial charge in [0.05, 0.1) is 6.20 Å². The minimum Gasteiger partial charge on any atom is -0.262 e. The predicted octanol–water partition coefficient (Wildman–Crippen LogP) is 2.13. The largest absolute Gasteiger partial charge is 0.262 e. The van der Waals surface area contributed by atoms with Crippen molar-refractivity contribution in [2.75, 3.05) is 0 Å². The van der Waals surface area contributed by atoms with Crippen molar-refractivity contribution >= 4 is 0 Å². The first kappa shape index (κ1) is 9.76. The van der Waals surface area contributed by atoms with Gasteiger partial charge in [-0.05, 0) is 6.07 Å². The Labute approximate surface area is 86.6 Å². The van der Waals surface area contributed by atoms with Gasteiger partial charge in [-0.2, -0.15) is 5.10 Å². The first-order chi connectivity index (χ1) is 7.16. The van der Waals surface area contributed by atoms with E-state index < -0.39 is 0 Å². The van der Waals surface area contributed by atoms with Crippen LogP contribution in [-0.4, -0.2) is 20.2 Å². The van der Waals surface area contributed by atoms with E-state index in [0.29, 0.717) is 11.4 Å². The lowest BCUT2D eigenvalue weighted by molar-refractivity contribution is 0.622. The Morgan fingerprint density at radius 1 is 1.33 bits per heavy atom. The Morgan fingerprint density at radius 2 is 2.13 bits per heavy atom. The summed E-state index contributed by atoms with van der Waals surface area (Å²) in [6.07, 6.45) is 2.69. The van der Waals surface area contributed by atoms with Crippen LogP contribution in [0.3, 0.4) is 0 Å². The lowest BCUT2D eigenvalue weighted by Crippen LogP contribution is -1.89. The van der Waals surface area contributed by atoms with Crippen LogP contribution in [0.1, 0.15) is 25.6 Å². The Balaban J connectivity index is 2.37. The number of aromatic amines is 1. The molecule has 0 saturated carbocycles. The molecule has 0 aromatic carbocycles. The highest BCUT2D eigenvalue weighted by Crippen LogP contribution is 2.16. The van der Waals surface area contributed by atoms with Crippen LogP contribution in [0, 0.1) is 5.82 Å². The average Bonchev–Trinajstić information content (AvgIpc) is 2.66. The molecule has 78 valence electrons. The highest BCUT2D eigenvalue weighted by atomic mass is 19.1. The van der Waals surface area contributed by atoms with E-state index in [1.165, 1.54) is 12.3 Å². The molecule has 0 radical (unpaired) electrons. The number of hydrogen-bond donors (Lipinski definition) is 1. The summed E-state index contributed by atoms with van der Waals surface area (Å²) in [5.41, 5.74) is 0.582. The summed E-state index contributed by atoms with van der Waals surface area (Å²) in [5.74, 6) is 1.15. The summed E-state index contributed by atoms with van der Waals surface area (Å²) in [7, 11) is 0. The number of H-pyrrole nitrogens is 1. The number of aromatic nitrogens is 4. The molecule has 0 aliphatic rings. The fourth-order valence-corrected chi connectivity index (χ4v) is 1.20. The fraction of sp³-hybridized carbons (Fsp3) is 0.300. The smallest absolute Gasteiger partial charge is 0.182 e. The lowest BCUT2D eigenvalue weighted by atomic mass is 10.2. The van der Waals surface area contributed by atoms with Crippen LogP contribution in [0.4, 0.5) is 4.39 Å². The van der Waals surface area contributed by atoms with Gasteiger partial charge in [-0.15, -0.1) is 0 Å². The van der Waals surface area contributed by atoms with Gasteiger partial charge in [0.25, 0.3) is 0 Å². The van der Waals surface area contributed by atoms with Gasteiger partial charge >= 0.3 is 0 Å². The summed E-state index contributed by atoms with van der Waals surface area (Å²) >= 11 is 0. The minimum atomic E-state index is -0.386. The fourth-order valence-electron chi connectivity index (χ4n) is 1.20. The van der Waals surface area contributed by atoms with Gasteiger partial charge in [0, 0.05) is 17.7 Å². The average molecular weight is 206 g/mol. The zero-order chi connectivity index (χ0) is 10.8. The zero-order valence-electron chi connectivity index (χ0n) is 8.53. The molecule has 2 aromatic heterocycles. The molecule has 5 heteroatoms. The first-order valence-corrected chi connectivity index (χ1v) is 4.70. The van der Waals surface area contributed by atoms with Crippen molar-refractivity contribution < 1.29 is 4.39 Å². The van der Waals surface area contributed by atoms with Crippen molar-refractivity contribution in [2.45, 2.75) is 19.8 Å². The summed E-state index contributed by atoms with van der Waals surface area (Å²) < 4.78 is 12.9. The Kier molecular flexibility index (Phi) is 2.45. The third-order valence-electron chi connectivity index (χ3n) is 2.01. The molecule has 2 rings (SSSR count). The molecule has 0 atom stereocenters. The second-order valence-electron chi connectivity index (χ2n) is 3.59. The Morgan fingerprint density at radius 3 is 2.73 bits per heavy atom. The van der Waals surface area contributed by atoms with E-state index in [2.05, 4.69) is 20.2 Å². The molecule has 0 unspecified atom stereocenters. The molecular formula is C10H11FN4. The van der Waals surface area contributed by atoms with E-state index in [-0.39, 0.29) is 11.7 Å². The molecule has 0 spiro atoms. The maximum atomic E-state index is 12.9. The molecule has 2 heterocycles. The number of halogens is 1. The van der Waals surface area contributed by atoms with E-state index >= 15 is 0 Å².